The summed E-state index contributed by atoms with van der Waals surface area (Å²) in [6.07, 6.45) is 5.46. The molecular weight excluding hydrogens is 230 g/mol. The van der Waals surface area contributed by atoms with Crippen LogP contribution in [0, 0.1) is 0 Å². The summed E-state index contributed by atoms with van der Waals surface area (Å²) in [6.45, 7) is 4.22. The fraction of sp³-hybridized carbons (Fsp3) is 0.333. The average Bonchev–Trinajstić information content (AvgIpc) is 2.49. The van der Waals surface area contributed by atoms with Gasteiger partial charge < -0.3 is 0 Å². The molecule has 0 bridgehead atoms. The Hall–Kier alpha value is -0.900. The zero-order valence-electron chi connectivity index (χ0n) is 7.53. The first kappa shape index (κ1) is 8.69. The number of aromatic nitrogens is 3. The highest BCUT2D eigenvalue weighted by Gasteiger charge is 2.08. The first-order chi connectivity index (χ1) is 6.20. The van der Waals surface area contributed by atoms with Gasteiger partial charge in [0.1, 0.15) is 0 Å². The molecule has 3 nitrogen and oxygen atoms in total. The maximum absolute atomic E-state index is 4.30. The number of rotatable bonds is 1. The third-order valence-corrected chi connectivity index (χ3v) is 2.52. The Balaban J connectivity index is 2.79. The molecule has 0 atom stereocenters. The second-order valence-electron chi connectivity index (χ2n) is 3.24. The van der Waals surface area contributed by atoms with E-state index in [0.29, 0.717) is 6.04 Å². The summed E-state index contributed by atoms with van der Waals surface area (Å²) >= 11 is 3.47. The topological polar surface area (TPSA) is 30.7 Å². The Bertz CT molecular complexity index is 433. The molecule has 0 saturated carbocycles. The van der Waals surface area contributed by atoms with Gasteiger partial charge in [0.05, 0.1) is 16.2 Å². The van der Waals surface area contributed by atoms with E-state index in [-0.39, 0.29) is 0 Å². The Morgan fingerprint density at radius 3 is 2.77 bits per heavy atom. The largest absolute Gasteiger partial charge is 0.263 e. The highest BCUT2D eigenvalue weighted by Crippen LogP contribution is 2.24. The fourth-order valence-electron chi connectivity index (χ4n) is 1.35. The maximum atomic E-state index is 4.30. The Kier molecular flexibility index (Phi) is 2.07. The van der Waals surface area contributed by atoms with Gasteiger partial charge in [-0.2, -0.15) is 5.10 Å². The van der Waals surface area contributed by atoms with Crippen molar-refractivity contribution < 1.29 is 0 Å². The van der Waals surface area contributed by atoms with Gasteiger partial charge in [-0.25, -0.2) is 0 Å². The highest BCUT2D eigenvalue weighted by molar-refractivity contribution is 9.10. The minimum atomic E-state index is 0.371. The smallest absolute Gasteiger partial charge is 0.0858 e. The average molecular weight is 240 g/mol. The summed E-state index contributed by atoms with van der Waals surface area (Å²) in [5, 5.41) is 5.37. The molecule has 0 aliphatic rings. The Morgan fingerprint density at radius 2 is 2.08 bits per heavy atom. The van der Waals surface area contributed by atoms with Gasteiger partial charge in [-0.3, -0.25) is 9.67 Å². The summed E-state index contributed by atoms with van der Waals surface area (Å²) in [5.74, 6) is 0. The number of pyridine rings is 1. The minimum absolute atomic E-state index is 0.371. The quantitative estimate of drug-likeness (QED) is 0.767. The molecule has 0 N–H and O–H groups in total. The van der Waals surface area contributed by atoms with Crippen molar-refractivity contribution in [3.05, 3.63) is 23.1 Å². The molecule has 68 valence electrons. The molecule has 0 amide bonds. The highest BCUT2D eigenvalue weighted by atomic mass is 79.9. The van der Waals surface area contributed by atoms with Gasteiger partial charge in [-0.1, -0.05) is 0 Å². The van der Waals surface area contributed by atoms with Crippen molar-refractivity contribution in [1.82, 2.24) is 14.8 Å². The predicted molar refractivity (Wildman–Crippen MR) is 55.6 cm³/mol. The van der Waals surface area contributed by atoms with Crippen LogP contribution in [0.25, 0.3) is 10.9 Å². The normalized spacial score (nSPS) is 11.4. The van der Waals surface area contributed by atoms with Crippen molar-refractivity contribution in [3.63, 3.8) is 0 Å². The molecule has 0 unspecified atom stereocenters. The minimum Gasteiger partial charge on any atom is -0.263 e. The van der Waals surface area contributed by atoms with Crippen molar-refractivity contribution >= 4 is 26.8 Å². The summed E-state index contributed by atoms with van der Waals surface area (Å²) in [4.78, 5) is 4.08. The van der Waals surface area contributed by atoms with E-state index in [1.807, 2.05) is 17.1 Å². The molecular formula is C9H10BrN3. The van der Waals surface area contributed by atoms with Crippen molar-refractivity contribution in [2.24, 2.45) is 0 Å². The fourth-order valence-corrected chi connectivity index (χ4v) is 1.88. The van der Waals surface area contributed by atoms with Gasteiger partial charge in [-0.05, 0) is 29.8 Å². The van der Waals surface area contributed by atoms with Crippen LogP contribution < -0.4 is 0 Å². The van der Waals surface area contributed by atoms with E-state index in [2.05, 4.69) is 39.9 Å². The van der Waals surface area contributed by atoms with Gasteiger partial charge in [-0.15, -0.1) is 0 Å². The SMILES string of the molecule is CC(C)n1ncc2cncc(Br)c21. The van der Waals surface area contributed by atoms with E-state index in [9.17, 15) is 0 Å². The van der Waals surface area contributed by atoms with Crippen molar-refractivity contribution in [1.29, 1.82) is 0 Å². The molecule has 0 spiro atoms. The van der Waals surface area contributed by atoms with Crippen LogP contribution in [0.5, 0.6) is 0 Å². The molecule has 2 heterocycles. The second kappa shape index (κ2) is 3.10. The van der Waals surface area contributed by atoms with Crippen LogP contribution in [0.15, 0.2) is 23.1 Å². The van der Waals surface area contributed by atoms with Gasteiger partial charge in [0.15, 0.2) is 0 Å². The van der Waals surface area contributed by atoms with Crippen LogP contribution in [0.2, 0.25) is 0 Å². The Labute approximate surface area is 84.9 Å². The standard InChI is InChI=1S/C9H10BrN3/c1-6(2)13-9-7(4-12-13)3-11-5-8(9)10/h3-6H,1-2H3. The molecule has 0 radical (unpaired) electrons. The summed E-state index contributed by atoms with van der Waals surface area (Å²) in [5.41, 5.74) is 1.12. The lowest BCUT2D eigenvalue weighted by Crippen LogP contribution is -2.02. The summed E-state index contributed by atoms with van der Waals surface area (Å²) < 4.78 is 2.98. The van der Waals surface area contributed by atoms with Crippen molar-refractivity contribution in [3.8, 4) is 0 Å². The Morgan fingerprint density at radius 1 is 1.31 bits per heavy atom. The van der Waals surface area contributed by atoms with Gasteiger partial charge in [0.25, 0.3) is 0 Å². The van der Waals surface area contributed by atoms with E-state index < -0.39 is 0 Å². The molecule has 0 aliphatic heterocycles. The first-order valence-corrected chi connectivity index (χ1v) is 4.96. The van der Waals surface area contributed by atoms with Crippen LogP contribution in [0.1, 0.15) is 19.9 Å². The lowest BCUT2D eigenvalue weighted by molar-refractivity contribution is 0.550. The molecule has 2 rings (SSSR count). The van der Waals surface area contributed by atoms with Crippen LogP contribution in [-0.2, 0) is 0 Å². The zero-order valence-corrected chi connectivity index (χ0v) is 9.12. The van der Waals surface area contributed by atoms with Crippen LogP contribution in [0.3, 0.4) is 0 Å². The maximum Gasteiger partial charge on any atom is 0.0858 e. The van der Waals surface area contributed by atoms with Gasteiger partial charge in [0, 0.05) is 23.8 Å². The van der Waals surface area contributed by atoms with E-state index in [1.165, 1.54) is 0 Å². The molecule has 13 heavy (non-hydrogen) atoms. The monoisotopic (exact) mass is 239 g/mol. The number of hydrogen-bond acceptors (Lipinski definition) is 2. The van der Waals surface area contributed by atoms with Crippen LogP contribution in [0.4, 0.5) is 0 Å². The predicted octanol–water partition coefficient (Wildman–Crippen LogP) is 2.77. The van der Waals surface area contributed by atoms with Crippen molar-refractivity contribution in [2.45, 2.75) is 19.9 Å². The molecule has 0 aliphatic carbocycles. The third kappa shape index (κ3) is 1.35. The van der Waals surface area contributed by atoms with E-state index in [1.54, 1.807) is 6.20 Å². The number of nitrogens with zero attached hydrogens (tertiary/aromatic N) is 3. The second-order valence-corrected chi connectivity index (χ2v) is 4.10. The summed E-state index contributed by atoms with van der Waals surface area (Å²) in [6, 6.07) is 0.371. The zero-order chi connectivity index (χ0) is 9.42. The molecule has 0 aromatic carbocycles. The molecule has 2 aromatic rings. The van der Waals surface area contributed by atoms with Gasteiger partial charge in [0.2, 0.25) is 0 Å². The number of halogens is 1. The van der Waals surface area contributed by atoms with E-state index in [4.69, 9.17) is 0 Å². The molecule has 0 fully saturated rings. The van der Waals surface area contributed by atoms with E-state index in [0.717, 1.165) is 15.4 Å². The van der Waals surface area contributed by atoms with Crippen molar-refractivity contribution in [2.75, 3.05) is 0 Å². The lowest BCUT2D eigenvalue weighted by Gasteiger charge is -2.07. The van der Waals surface area contributed by atoms with Crippen LogP contribution in [-0.4, -0.2) is 14.8 Å². The first-order valence-electron chi connectivity index (χ1n) is 4.17. The number of hydrogen-bond donors (Lipinski definition) is 0. The third-order valence-electron chi connectivity index (χ3n) is 1.94. The lowest BCUT2D eigenvalue weighted by atomic mass is 10.3. The summed E-state index contributed by atoms with van der Waals surface area (Å²) in [7, 11) is 0. The molecule has 4 heteroatoms. The van der Waals surface area contributed by atoms with Crippen LogP contribution >= 0.6 is 15.9 Å². The van der Waals surface area contributed by atoms with E-state index >= 15 is 0 Å². The molecule has 0 saturated heterocycles. The molecule has 2 aromatic heterocycles. The van der Waals surface area contributed by atoms with Gasteiger partial charge >= 0.3 is 0 Å². The number of fused-ring (bicyclic) bond motifs is 1.